The predicted octanol–water partition coefficient (Wildman–Crippen LogP) is 6.92. The van der Waals surface area contributed by atoms with Crippen LogP contribution in [0.1, 0.15) is 43.0 Å². The maximum atomic E-state index is 12.5. The van der Waals surface area contributed by atoms with Gasteiger partial charge in [0.2, 0.25) is 0 Å². The number of pyridine rings is 1. The van der Waals surface area contributed by atoms with Gasteiger partial charge in [-0.1, -0.05) is 24.3 Å². The van der Waals surface area contributed by atoms with Crippen LogP contribution in [0.2, 0.25) is 0 Å². The minimum atomic E-state index is 0. The van der Waals surface area contributed by atoms with E-state index in [1.807, 2.05) is 18.2 Å². The molecule has 1 aliphatic rings. The quantitative estimate of drug-likeness (QED) is 0.280. The van der Waals surface area contributed by atoms with Crippen molar-refractivity contribution in [2.75, 3.05) is 26.0 Å². The number of hydrogen-bond donors (Lipinski definition) is 2. The summed E-state index contributed by atoms with van der Waals surface area (Å²) in [7, 11) is 4.28. The third-order valence-corrected chi connectivity index (χ3v) is 7.22. The number of Topliss-reactive ketones (excluding diaryl/α,β-unsaturated/α-hetero) is 1. The molecule has 0 aliphatic heterocycles. The van der Waals surface area contributed by atoms with Gasteiger partial charge in [0.15, 0.2) is 5.78 Å². The number of carbonyl (C=O) groups excluding carboxylic acids is 1. The van der Waals surface area contributed by atoms with Crippen molar-refractivity contribution in [3.63, 3.8) is 0 Å². The average Bonchev–Trinajstić information content (AvgIpc) is 2.84. The summed E-state index contributed by atoms with van der Waals surface area (Å²) in [5, 5.41) is 16.6. The minimum Gasteiger partial charge on any atom is -0.508 e. The van der Waals surface area contributed by atoms with Crippen molar-refractivity contribution in [1.82, 2.24) is 9.88 Å². The van der Waals surface area contributed by atoms with Gasteiger partial charge in [0, 0.05) is 24.2 Å². The van der Waals surface area contributed by atoms with Crippen LogP contribution in [0.5, 0.6) is 5.75 Å². The number of anilines is 1. The van der Waals surface area contributed by atoms with E-state index >= 15 is 0 Å². The lowest BCUT2D eigenvalue weighted by Gasteiger charge is -2.32. The van der Waals surface area contributed by atoms with Crippen LogP contribution < -0.4 is 5.32 Å². The zero-order chi connectivity index (χ0) is 24.5. The molecule has 5 nitrogen and oxygen atoms in total. The highest BCUT2D eigenvalue weighted by molar-refractivity contribution is 6.08. The maximum absolute atomic E-state index is 12.5. The molecule has 1 heterocycles. The minimum absolute atomic E-state index is 0. The number of fused-ring (bicyclic) bond motifs is 2. The number of nitrogens with zero attached hydrogens (tertiary/aromatic N) is 2. The lowest BCUT2D eigenvalue weighted by Crippen LogP contribution is -2.31. The lowest BCUT2D eigenvalue weighted by molar-refractivity contribution is 0.101. The van der Waals surface area contributed by atoms with Crippen LogP contribution in [-0.2, 0) is 0 Å². The van der Waals surface area contributed by atoms with E-state index in [2.05, 4.69) is 53.6 Å². The molecule has 0 unspecified atom stereocenters. The molecule has 4 aromatic rings. The van der Waals surface area contributed by atoms with Crippen LogP contribution in [0, 0.1) is 5.92 Å². The summed E-state index contributed by atoms with van der Waals surface area (Å²) in [5.74, 6) is 1.04. The van der Waals surface area contributed by atoms with Crippen molar-refractivity contribution < 1.29 is 9.90 Å². The fraction of sp³-hybridized carbons (Fsp3) is 0.333. The summed E-state index contributed by atoms with van der Waals surface area (Å²) in [4.78, 5) is 19.4. The van der Waals surface area contributed by atoms with E-state index in [0.29, 0.717) is 11.6 Å². The van der Waals surface area contributed by atoms with E-state index in [9.17, 15) is 9.90 Å². The van der Waals surface area contributed by atoms with Crippen LogP contribution >= 0.6 is 12.4 Å². The molecule has 0 saturated heterocycles. The molecule has 1 aliphatic carbocycles. The molecule has 0 bridgehead atoms. The summed E-state index contributed by atoms with van der Waals surface area (Å²) in [6.07, 6.45) is 6.33. The van der Waals surface area contributed by atoms with E-state index in [1.165, 1.54) is 12.8 Å². The van der Waals surface area contributed by atoms with Crippen molar-refractivity contribution in [2.24, 2.45) is 5.92 Å². The second-order valence-corrected chi connectivity index (χ2v) is 10.2. The molecule has 0 atom stereocenters. The number of hydrogen-bond acceptors (Lipinski definition) is 5. The molecule has 0 spiro atoms. The number of rotatable bonds is 6. The lowest BCUT2D eigenvalue weighted by atomic mass is 9.85. The molecule has 36 heavy (non-hydrogen) atoms. The first-order valence-corrected chi connectivity index (χ1v) is 12.5. The topological polar surface area (TPSA) is 65.5 Å². The van der Waals surface area contributed by atoms with Gasteiger partial charge in [-0.05, 0) is 105 Å². The molecular formula is C30H34ClN3O2. The second kappa shape index (κ2) is 10.9. The Morgan fingerprint density at radius 2 is 1.64 bits per heavy atom. The first-order valence-electron chi connectivity index (χ1n) is 12.5. The van der Waals surface area contributed by atoms with E-state index in [-0.39, 0.29) is 23.9 Å². The molecule has 188 valence electrons. The molecule has 6 heteroatoms. The third-order valence-electron chi connectivity index (χ3n) is 7.22. The van der Waals surface area contributed by atoms with Gasteiger partial charge in [-0.15, -0.1) is 12.4 Å². The monoisotopic (exact) mass is 503 g/mol. The average molecular weight is 504 g/mol. The number of ketones is 1. The first kappa shape index (κ1) is 25.9. The number of halogens is 1. The molecule has 1 aromatic heterocycles. The maximum Gasteiger partial charge on any atom is 0.163 e. The molecule has 0 amide bonds. The smallest absolute Gasteiger partial charge is 0.163 e. The van der Waals surface area contributed by atoms with Gasteiger partial charge in [-0.3, -0.25) is 9.78 Å². The Morgan fingerprint density at radius 3 is 2.36 bits per heavy atom. The van der Waals surface area contributed by atoms with Crippen molar-refractivity contribution in [3.05, 3.63) is 66.4 Å². The molecular weight excluding hydrogens is 470 g/mol. The van der Waals surface area contributed by atoms with Gasteiger partial charge in [-0.25, -0.2) is 0 Å². The number of phenols is 1. The van der Waals surface area contributed by atoms with Gasteiger partial charge in [0.25, 0.3) is 0 Å². The number of carbonyl (C=O) groups is 1. The largest absolute Gasteiger partial charge is 0.508 e. The van der Waals surface area contributed by atoms with Gasteiger partial charge >= 0.3 is 0 Å². The highest BCUT2D eigenvalue weighted by Crippen LogP contribution is 2.35. The number of phenolic OH excluding ortho intramolecular Hbond substituents is 1. The number of aromatic hydroxyl groups is 1. The first-order chi connectivity index (χ1) is 16.9. The van der Waals surface area contributed by atoms with Crippen molar-refractivity contribution in [3.8, 4) is 16.9 Å². The molecule has 2 N–H and O–H groups in total. The summed E-state index contributed by atoms with van der Waals surface area (Å²) in [6, 6.07) is 18.3. The molecule has 1 saturated carbocycles. The van der Waals surface area contributed by atoms with Crippen molar-refractivity contribution in [1.29, 1.82) is 0 Å². The fourth-order valence-electron chi connectivity index (χ4n) is 5.42. The Morgan fingerprint density at radius 1 is 0.972 bits per heavy atom. The van der Waals surface area contributed by atoms with Crippen LogP contribution in [0.3, 0.4) is 0 Å². The van der Waals surface area contributed by atoms with Gasteiger partial charge in [0.05, 0.1) is 16.8 Å². The number of benzene rings is 3. The van der Waals surface area contributed by atoms with Crippen LogP contribution in [-0.4, -0.2) is 47.5 Å². The van der Waals surface area contributed by atoms with Crippen molar-refractivity contribution >= 4 is 45.6 Å². The Bertz CT molecular complexity index is 1390. The fourth-order valence-corrected chi connectivity index (χ4v) is 5.42. The van der Waals surface area contributed by atoms with Crippen LogP contribution in [0.15, 0.2) is 60.8 Å². The summed E-state index contributed by atoms with van der Waals surface area (Å²) in [5.41, 5.74) is 4.61. The highest BCUT2D eigenvalue weighted by Gasteiger charge is 2.23. The second-order valence-electron chi connectivity index (χ2n) is 10.2. The summed E-state index contributed by atoms with van der Waals surface area (Å²) < 4.78 is 0. The summed E-state index contributed by atoms with van der Waals surface area (Å²) in [6.45, 7) is 2.75. The zero-order valence-electron chi connectivity index (χ0n) is 21.1. The van der Waals surface area contributed by atoms with Crippen LogP contribution in [0.4, 0.5) is 5.69 Å². The van der Waals surface area contributed by atoms with Gasteiger partial charge in [0.1, 0.15) is 5.75 Å². The van der Waals surface area contributed by atoms with E-state index in [4.69, 9.17) is 0 Å². The zero-order valence-corrected chi connectivity index (χ0v) is 21.9. The number of nitrogens with one attached hydrogen (secondary N) is 1. The molecule has 5 rings (SSSR count). The summed E-state index contributed by atoms with van der Waals surface area (Å²) >= 11 is 0. The van der Waals surface area contributed by atoms with E-state index in [0.717, 1.165) is 63.8 Å². The molecule has 1 fully saturated rings. The Labute approximate surface area is 218 Å². The third kappa shape index (κ3) is 5.48. The number of aromatic nitrogens is 1. The van der Waals surface area contributed by atoms with Gasteiger partial charge in [-0.2, -0.15) is 0 Å². The van der Waals surface area contributed by atoms with Gasteiger partial charge < -0.3 is 15.3 Å². The van der Waals surface area contributed by atoms with Crippen LogP contribution in [0.25, 0.3) is 32.8 Å². The van der Waals surface area contributed by atoms with E-state index < -0.39 is 0 Å². The predicted molar refractivity (Wildman–Crippen MR) is 152 cm³/mol. The molecule has 3 aromatic carbocycles. The van der Waals surface area contributed by atoms with E-state index in [1.54, 1.807) is 25.3 Å². The Kier molecular flexibility index (Phi) is 7.82. The molecule has 0 radical (unpaired) electrons. The Hall–Kier alpha value is -3.15. The van der Waals surface area contributed by atoms with Crippen molar-refractivity contribution in [2.45, 2.75) is 38.6 Å². The SMILES string of the molecule is CC(=O)c1cnc2ccc(-c3ccc4cc(O)ccc4c3)cc2c1NC1CCC(CN(C)C)CC1.Cl. The normalized spacial score (nSPS) is 17.8. The Balaban J connectivity index is 0.00000304. The standard InChI is InChI=1S/C30H33N3O2.ClH/c1-19(34)28-17-31-29-13-9-24(21-6-7-23-15-26(35)12-8-22(23)14-21)16-27(29)30(28)32-25-10-4-20(5-11-25)18-33(2)3;/h6-9,12-17,20,25,35H,4-5,10-11,18H2,1-3H3,(H,31,32);1H. The highest BCUT2D eigenvalue weighted by atomic mass is 35.5.